The van der Waals surface area contributed by atoms with Crippen LogP contribution in [0.25, 0.3) is 0 Å². The molecule has 1 N–H and O–H groups in total. The highest BCUT2D eigenvalue weighted by molar-refractivity contribution is 9.10. The highest BCUT2D eigenvalue weighted by Gasteiger charge is 2.26. The molecule has 3 nitrogen and oxygen atoms in total. The molecule has 0 bridgehead atoms. The number of halogens is 2. The lowest BCUT2D eigenvalue weighted by Gasteiger charge is -2.23. The molecule has 1 rings (SSSR count). The van der Waals surface area contributed by atoms with Crippen molar-refractivity contribution in [3.05, 3.63) is 28.2 Å². The van der Waals surface area contributed by atoms with Crippen LogP contribution in [0.1, 0.15) is 26.5 Å². The molecule has 0 aliphatic rings. The molecule has 0 amide bonds. The number of pyridine rings is 1. The summed E-state index contributed by atoms with van der Waals surface area (Å²) in [4.78, 5) is 3.97. The molecule has 0 aliphatic heterocycles. The van der Waals surface area contributed by atoms with Crippen molar-refractivity contribution in [3.63, 3.8) is 0 Å². The molecule has 90 valence electrons. The molecule has 1 atom stereocenters. The average molecular weight is 309 g/mol. The highest BCUT2D eigenvalue weighted by atomic mass is 79.9. The molecule has 1 unspecified atom stereocenters. The van der Waals surface area contributed by atoms with Gasteiger partial charge in [-0.2, -0.15) is 0 Å². The van der Waals surface area contributed by atoms with Crippen LogP contribution < -0.4 is 4.72 Å². The summed E-state index contributed by atoms with van der Waals surface area (Å²) in [6.45, 7) is 5.69. The van der Waals surface area contributed by atoms with Crippen LogP contribution in [0.15, 0.2) is 16.7 Å². The number of nitrogens with zero attached hydrogens (tertiary/aromatic N) is 1. The van der Waals surface area contributed by atoms with Crippen molar-refractivity contribution < 1.29 is 8.94 Å². The van der Waals surface area contributed by atoms with Crippen LogP contribution in [0.3, 0.4) is 0 Å². The zero-order chi connectivity index (χ0) is 12.3. The first-order valence-corrected chi connectivity index (χ1v) is 6.71. The lowest BCUT2D eigenvalue weighted by atomic mass is 10.3. The molecule has 0 aliphatic carbocycles. The number of hydrogen-bond acceptors (Lipinski definition) is 3. The summed E-state index contributed by atoms with van der Waals surface area (Å²) in [6.07, 6.45) is 0. The Balaban J connectivity index is 2.64. The molecule has 1 aromatic rings. The second kappa shape index (κ2) is 5.44. The summed E-state index contributed by atoms with van der Waals surface area (Å²) in [5, 5.41) is 0. The van der Waals surface area contributed by atoms with Crippen molar-refractivity contribution in [2.75, 3.05) is 0 Å². The van der Waals surface area contributed by atoms with E-state index in [2.05, 4.69) is 25.6 Å². The fraction of sp³-hybridized carbons (Fsp3) is 0.500. The maximum atomic E-state index is 13.3. The van der Waals surface area contributed by atoms with Gasteiger partial charge in [0.2, 0.25) is 0 Å². The van der Waals surface area contributed by atoms with E-state index in [1.807, 2.05) is 20.8 Å². The summed E-state index contributed by atoms with van der Waals surface area (Å²) < 4.78 is 27.9. The van der Waals surface area contributed by atoms with Crippen molar-refractivity contribution >= 4 is 27.3 Å². The van der Waals surface area contributed by atoms with E-state index < -0.39 is 17.2 Å². The molecule has 0 saturated heterocycles. The third-order valence-corrected chi connectivity index (χ3v) is 3.77. The standard InChI is InChI=1S/C10H14BrFN2OS/c1-10(2,3)16(15)13-6-8-7(12)4-5-9(11)14-8/h4-5,13H,6H2,1-3H3. The Morgan fingerprint density at radius 2 is 2.12 bits per heavy atom. The maximum Gasteiger partial charge on any atom is 0.146 e. The number of aromatic nitrogens is 1. The average Bonchev–Trinajstić information content (AvgIpc) is 2.17. The first-order chi connectivity index (χ1) is 7.30. The van der Waals surface area contributed by atoms with E-state index in [1.165, 1.54) is 12.1 Å². The Morgan fingerprint density at radius 3 is 2.69 bits per heavy atom. The molecule has 1 aromatic heterocycles. The highest BCUT2D eigenvalue weighted by Crippen LogP contribution is 2.15. The van der Waals surface area contributed by atoms with Crippen molar-refractivity contribution in [2.24, 2.45) is 0 Å². The number of nitrogens with one attached hydrogen (secondary N) is 1. The molecule has 6 heteroatoms. The Hall–Kier alpha value is -0.170. The van der Waals surface area contributed by atoms with E-state index in [-0.39, 0.29) is 17.0 Å². The summed E-state index contributed by atoms with van der Waals surface area (Å²) in [6, 6.07) is 2.85. The summed E-state index contributed by atoms with van der Waals surface area (Å²) in [5.74, 6) is -0.401. The third-order valence-electron chi connectivity index (χ3n) is 1.81. The maximum absolute atomic E-state index is 13.3. The van der Waals surface area contributed by atoms with Gasteiger partial charge in [-0.25, -0.2) is 9.37 Å². The van der Waals surface area contributed by atoms with E-state index in [1.54, 1.807) is 0 Å². The van der Waals surface area contributed by atoms with Crippen LogP contribution in [-0.4, -0.2) is 14.3 Å². The van der Waals surface area contributed by atoms with Gasteiger partial charge in [-0.05, 0) is 48.8 Å². The minimum Gasteiger partial charge on any atom is -0.598 e. The Bertz CT molecular complexity index is 370. The molecule has 1 heterocycles. The van der Waals surface area contributed by atoms with Crippen molar-refractivity contribution in [3.8, 4) is 0 Å². The number of rotatable bonds is 3. The first kappa shape index (κ1) is 13.9. The van der Waals surface area contributed by atoms with Gasteiger partial charge in [0, 0.05) is 11.4 Å². The van der Waals surface area contributed by atoms with Gasteiger partial charge in [0.15, 0.2) is 0 Å². The minimum atomic E-state index is -1.22. The predicted octanol–water partition coefficient (Wildman–Crippen LogP) is 2.54. The second-order valence-corrected chi connectivity index (χ2v) is 7.13. The third kappa shape index (κ3) is 4.01. The molecule has 0 saturated carbocycles. The van der Waals surface area contributed by atoms with Crippen molar-refractivity contribution in [1.29, 1.82) is 0 Å². The van der Waals surface area contributed by atoms with Gasteiger partial charge in [0.25, 0.3) is 0 Å². The topological polar surface area (TPSA) is 48.0 Å². The lowest BCUT2D eigenvalue weighted by molar-refractivity contribution is 0.538. The fourth-order valence-corrected chi connectivity index (χ4v) is 1.98. The van der Waals surface area contributed by atoms with Gasteiger partial charge < -0.3 is 4.55 Å². The first-order valence-electron chi connectivity index (χ1n) is 4.77. The van der Waals surface area contributed by atoms with Gasteiger partial charge in [-0.15, -0.1) is 4.72 Å². The fourth-order valence-electron chi connectivity index (χ4n) is 0.932. The van der Waals surface area contributed by atoms with Gasteiger partial charge in [0.1, 0.15) is 15.2 Å². The van der Waals surface area contributed by atoms with Crippen LogP contribution in [0.4, 0.5) is 4.39 Å². The van der Waals surface area contributed by atoms with Crippen LogP contribution >= 0.6 is 15.9 Å². The van der Waals surface area contributed by atoms with Crippen LogP contribution in [-0.2, 0) is 17.9 Å². The summed E-state index contributed by atoms with van der Waals surface area (Å²) >= 11 is 1.94. The quantitative estimate of drug-likeness (QED) is 0.689. The zero-order valence-electron chi connectivity index (χ0n) is 9.38. The lowest BCUT2D eigenvalue weighted by Crippen LogP contribution is -2.39. The van der Waals surface area contributed by atoms with E-state index in [0.29, 0.717) is 4.60 Å². The van der Waals surface area contributed by atoms with E-state index in [0.717, 1.165) is 0 Å². The molecule has 16 heavy (non-hydrogen) atoms. The van der Waals surface area contributed by atoms with Gasteiger partial charge in [0.05, 0.1) is 12.2 Å². The Kier molecular flexibility index (Phi) is 4.73. The van der Waals surface area contributed by atoms with Gasteiger partial charge in [-0.1, -0.05) is 0 Å². The number of hydrogen-bond donors (Lipinski definition) is 1. The van der Waals surface area contributed by atoms with Crippen LogP contribution in [0.2, 0.25) is 0 Å². The molecule has 0 radical (unpaired) electrons. The van der Waals surface area contributed by atoms with Gasteiger partial charge >= 0.3 is 0 Å². The molecular formula is C10H14BrFN2OS. The summed E-state index contributed by atoms with van der Waals surface area (Å²) in [5.41, 5.74) is 0.256. The minimum absolute atomic E-state index is 0.148. The van der Waals surface area contributed by atoms with Crippen LogP contribution in [0.5, 0.6) is 0 Å². The molecule has 0 spiro atoms. The predicted molar refractivity (Wildman–Crippen MR) is 66.6 cm³/mol. The van der Waals surface area contributed by atoms with Crippen molar-refractivity contribution in [2.45, 2.75) is 32.1 Å². The van der Waals surface area contributed by atoms with Gasteiger partial charge in [-0.3, -0.25) is 0 Å². The Morgan fingerprint density at radius 1 is 1.50 bits per heavy atom. The molecular weight excluding hydrogens is 295 g/mol. The summed E-state index contributed by atoms with van der Waals surface area (Å²) in [7, 11) is 0. The zero-order valence-corrected chi connectivity index (χ0v) is 11.8. The Labute approximate surface area is 106 Å². The smallest absolute Gasteiger partial charge is 0.146 e. The van der Waals surface area contributed by atoms with Crippen LogP contribution in [0, 0.1) is 5.82 Å². The van der Waals surface area contributed by atoms with E-state index in [9.17, 15) is 8.94 Å². The molecule has 0 fully saturated rings. The second-order valence-electron chi connectivity index (χ2n) is 4.26. The van der Waals surface area contributed by atoms with E-state index in [4.69, 9.17) is 0 Å². The van der Waals surface area contributed by atoms with Crippen molar-refractivity contribution in [1.82, 2.24) is 9.71 Å². The molecule has 0 aromatic carbocycles. The largest absolute Gasteiger partial charge is 0.598 e. The van der Waals surface area contributed by atoms with E-state index >= 15 is 0 Å². The normalized spacial score (nSPS) is 13.9. The monoisotopic (exact) mass is 308 g/mol. The SMILES string of the molecule is CC(C)(C)[S+]([O-])NCc1nc(Br)ccc1F.